The van der Waals surface area contributed by atoms with E-state index in [0.717, 1.165) is 17.5 Å². The van der Waals surface area contributed by atoms with Crippen molar-refractivity contribution < 1.29 is 14.3 Å². The molecular formula is C22H22N4O3. The summed E-state index contributed by atoms with van der Waals surface area (Å²) in [5, 5.41) is 0.758. The van der Waals surface area contributed by atoms with Gasteiger partial charge in [-0.2, -0.15) is 0 Å². The van der Waals surface area contributed by atoms with Gasteiger partial charge in [0.25, 0.3) is 0 Å². The summed E-state index contributed by atoms with van der Waals surface area (Å²) in [4.78, 5) is 35.1. The van der Waals surface area contributed by atoms with E-state index in [1.165, 1.54) is 5.56 Å². The first-order valence-corrected chi connectivity index (χ1v) is 9.62. The molecule has 1 aliphatic rings. The highest BCUT2D eigenvalue weighted by atomic mass is 16.5. The van der Waals surface area contributed by atoms with Gasteiger partial charge in [0.15, 0.2) is 12.4 Å². The fraction of sp³-hybridized carbons (Fsp3) is 0.273. The first kappa shape index (κ1) is 18.9. The van der Waals surface area contributed by atoms with E-state index in [1.54, 1.807) is 4.90 Å². The number of rotatable bonds is 5. The molecule has 1 saturated heterocycles. The monoisotopic (exact) mass is 390 g/mol. The van der Waals surface area contributed by atoms with E-state index in [4.69, 9.17) is 10.5 Å². The zero-order valence-electron chi connectivity index (χ0n) is 16.2. The summed E-state index contributed by atoms with van der Waals surface area (Å²) in [6.45, 7) is 2.31. The highest BCUT2D eigenvalue weighted by molar-refractivity contribution is 5.99. The molecule has 3 aromatic rings. The van der Waals surface area contributed by atoms with E-state index in [9.17, 15) is 9.59 Å². The maximum Gasteiger partial charge on any atom is 0.311 e. The SMILES string of the molecule is CCc1ccc(N2CC(C(=O)OCc3nc(N)c4ccccc4n3)CC2=O)cc1. The molecule has 0 radical (unpaired) electrons. The van der Waals surface area contributed by atoms with E-state index < -0.39 is 11.9 Å². The van der Waals surface area contributed by atoms with Crippen LogP contribution in [-0.2, 0) is 27.4 Å². The summed E-state index contributed by atoms with van der Waals surface area (Å²) in [6.07, 6.45) is 1.07. The first-order valence-electron chi connectivity index (χ1n) is 9.62. The van der Waals surface area contributed by atoms with Crippen LogP contribution in [-0.4, -0.2) is 28.4 Å². The Balaban J connectivity index is 1.41. The molecule has 1 aliphatic heterocycles. The van der Waals surface area contributed by atoms with Crippen molar-refractivity contribution in [2.24, 2.45) is 5.92 Å². The largest absolute Gasteiger partial charge is 0.457 e. The number of amides is 1. The zero-order chi connectivity index (χ0) is 20.4. The standard InChI is InChI=1S/C22H22N4O3/c1-2-14-7-9-16(10-8-14)26-12-15(11-20(26)27)22(28)29-13-19-24-18-6-4-3-5-17(18)21(23)25-19/h3-10,15H,2,11-13H2,1H3,(H2,23,24,25). The average molecular weight is 390 g/mol. The number of para-hydroxylation sites is 1. The zero-order valence-corrected chi connectivity index (χ0v) is 16.2. The summed E-state index contributed by atoms with van der Waals surface area (Å²) in [6, 6.07) is 15.2. The minimum atomic E-state index is -0.508. The highest BCUT2D eigenvalue weighted by Crippen LogP contribution is 2.26. The fourth-order valence-corrected chi connectivity index (χ4v) is 3.50. The number of nitrogen functional groups attached to an aromatic ring is 1. The van der Waals surface area contributed by atoms with Crippen LogP contribution in [0.15, 0.2) is 48.5 Å². The Kier molecular flexibility index (Phi) is 5.12. The van der Waals surface area contributed by atoms with Crippen LogP contribution in [0.4, 0.5) is 11.5 Å². The van der Waals surface area contributed by atoms with E-state index in [2.05, 4.69) is 16.9 Å². The number of nitrogens with zero attached hydrogens (tertiary/aromatic N) is 3. The summed E-state index contributed by atoms with van der Waals surface area (Å²) < 4.78 is 5.39. The van der Waals surface area contributed by atoms with Crippen LogP contribution in [0.1, 0.15) is 24.7 Å². The lowest BCUT2D eigenvalue weighted by Gasteiger charge is -2.17. The van der Waals surface area contributed by atoms with Crippen molar-refractivity contribution in [1.29, 1.82) is 0 Å². The van der Waals surface area contributed by atoms with Crippen molar-refractivity contribution in [2.45, 2.75) is 26.4 Å². The molecule has 2 heterocycles. The van der Waals surface area contributed by atoms with Gasteiger partial charge in [-0.1, -0.05) is 31.2 Å². The Morgan fingerprint density at radius 1 is 1.17 bits per heavy atom. The number of esters is 1. The molecule has 1 unspecified atom stereocenters. The van der Waals surface area contributed by atoms with E-state index in [-0.39, 0.29) is 18.9 Å². The van der Waals surface area contributed by atoms with Gasteiger partial charge in [-0.3, -0.25) is 9.59 Å². The number of aryl methyl sites for hydroxylation is 1. The lowest BCUT2D eigenvalue weighted by Crippen LogP contribution is -2.26. The predicted octanol–water partition coefficient (Wildman–Crippen LogP) is 2.87. The molecule has 1 fully saturated rings. The number of anilines is 2. The summed E-state index contributed by atoms with van der Waals surface area (Å²) in [5.74, 6) is -0.333. The molecular weight excluding hydrogens is 368 g/mol. The number of aromatic nitrogens is 2. The van der Waals surface area contributed by atoms with Gasteiger partial charge in [0.2, 0.25) is 5.91 Å². The fourth-order valence-electron chi connectivity index (χ4n) is 3.50. The summed E-state index contributed by atoms with van der Waals surface area (Å²) in [5.41, 5.74) is 8.66. The first-order chi connectivity index (χ1) is 14.0. The molecule has 1 atom stereocenters. The van der Waals surface area contributed by atoms with Crippen molar-refractivity contribution in [1.82, 2.24) is 9.97 Å². The molecule has 0 aliphatic carbocycles. The van der Waals surface area contributed by atoms with Gasteiger partial charge in [-0.25, -0.2) is 9.97 Å². The number of nitrogens with two attached hydrogens (primary N) is 1. The lowest BCUT2D eigenvalue weighted by atomic mass is 10.1. The Labute approximate surface area is 168 Å². The van der Waals surface area contributed by atoms with Gasteiger partial charge in [-0.15, -0.1) is 0 Å². The molecule has 7 nitrogen and oxygen atoms in total. The molecule has 0 spiro atoms. The Bertz CT molecular complexity index is 1070. The molecule has 1 aromatic heterocycles. The number of carbonyl (C=O) groups is 2. The van der Waals surface area contributed by atoms with Crippen LogP contribution in [0.2, 0.25) is 0 Å². The van der Waals surface area contributed by atoms with Gasteiger partial charge in [0, 0.05) is 24.0 Å². The Morgan fingerprint density at radius 2 is 1.93 bits per heavy atom. The quantitative estimate of drug-likeness (QED) is 0.673. The van der Waals surface area contributed by atoms with Crippen molar-refractivity contribution in [2.75, 3.05) is 17.2 Å². The second-order valence-corrected chi connectivity index (χ2v) is 7.08. The second-order valence-electron chi connectivity index (χ2n) is 7.08. The molecule has 0 saturated carbocycles. The third-order valence-corrected chi connectivity index (χ3v) is 5.14. The minimum absolute atomic E-state index is 0.0796. The third kappa shape index (κ3) is 3.89. The van der Waals surface area contributed by atoms with E-state index >= 15 is 0 Å². The van der Waals surface area contributed by atoms with Gasteiger partial charge in [0.05, 0.1) is 11.4 Å². The van der Waals surface area contributed by atoms with Crippen molar-refractivity contribution in [3.05, 3.63) is 59.9 Å². The van der Waals surface area contributed by atoms with Crippen LogP contribution in [0.5, 0.6) is 0 Å². The second kappa shape index (κ2) is 7.87. The van der Waals surface area contributed by atoms with Gasteiger partial charge >= 0.3 is 5.97 Å². The topological polar surface area (TPSA) is 98.4 Å². The molecule has 0 bridgehead atoms. The maximum absolute atomic E-state index is 12.5. The summed E-state index contributed by atoms with van der Waals surface area (Å²) >= 11 is 0. The number of hydrogen-bond donors (Lipinski definition) is 1. The molecule has 2 N–H and O–H groups in total. The number of carbonyl (C=O) groups excluding carboxylic acids is 2. The van der Waals surface area contributed by atoms with Crippen molar-refractivity contribution in [3.8, 4) is 0 Å². The Hall–Kier alpha value is -3.48. The number of hydrogen-bond acceptors (Lipinski definition) is 6. The third-order valence-electron chi connectivity index (χ3n) is 5.14. The predicted molar refractivity (Wildman–Crippen MR) is 110 cm³/mol. The molecule has 4 rings (SSSR count). The van der Waals surface area contributed by atoms with Gasteiger partial charge in [-0.05, 0) is 36.2 Å². The van der Waals surface area contributed by atoms with Gasteiger partial charge < -0.3 is 15.4 Å². The van der Waals surface area contributed by atoms with Crippen molar-refractivity contribution in [3.63, 3.8) is 0 Å². The van der Waals surface area contributed by atoms with Crippen LogP contribution < -0.4 is 10.6 Å². The van der Waals surface area contributed by atoms with Crippen LogP contribution in [0, 0.1) is 5.92 Å². The molecule has 2 aromatic carbocycles. The van der Waals surface area contributed by atoms with E-state index in [0.29, 0.717) is 23.7 Å². The molecule has 29 heavy (non-hydrogen) atoms. The van der Waals surface area contributed by atoms with Crippen LogP contribution >= 0.6 is 0 Å². The Morgan fingerprint density at radius 3 is 2.69 bits per heavy atom. The highest BCUT2D eigenvalue weighted by Gasteiger charge is 2.36. The lowest BCUT2D eigenvalue weighted by molar-refractivity contribution is -0.149. The normalized spacial score (nSPS) is 16.4. The maximum atomic E-state index is 12.5. The average Bonchev–Trinajstić information content (AvgIpc) is 3.14. The molecule has 1 amide bonds. The summed E-state index contributed by atoms with van der Waals surface area (Å²) in [7, 11) is 0. The minimum Gasteiger partial charge on any atom is -0.457 e. The number of ether oxygens (including phenoxy) is 1. The van der Waals surface area contributed by atoms with E-state index in [1.807, 2.05) is 48.5 Å². The number of benzene rings is 2. The smallest absolute Gasteiger partial charge is 0.311 e. The molecule has 148 valence electrons. The molecule has 7 heteroatoms. The van der Waals surface area contributed by atoms with Gasteiger partial charge in [0.1, 0.15) is 5.82 Å². The van der Waals surface area contributed by atoms with Crippen LogP contribution in [0.3, 0.4) is 0 Å². The van der Waals surface area contributed by atoms with Crippen LogP contribution in [0.25, 0.3) is 10.9 Å². The van der Waals surface area contributed by atoms with Crippen molar-refractivity contribution >= 4 is 34.3 Å². The number of fused-ring (bicyclic) bond motifs is 1.